The van der Waals surface area contributed by atoms with E-state index < -0.39 is 0 Å². The SMILES string of the molecule is CC.CC(=N)N.COc1ccc(NN)cc1/C=C/CCCc1csc(C)n1. The summed E-state index contributed by atoms with van der Waals surface area (Å²) in [5.41, 5.74) is 10.4. The van der Waals surface area contributed by atoms with Crippen molar-refractivity contribution in [3.05, 3.63) is 45.9 Å². The molecule has 1 aromatic heterocycles. The normalized spacial score (nSPS) is 9.70. The first kappa shape index (κ1) is 24.6. The Hall–Kier alpha value is -2.38. The van der Waals surface area contributed by atoms with Crippen molar-refractivity contribution in [2.45, 2.75) is 47.0 Å². The number of allylic oxidation sites excluding steroid dienone is 1. The minimum Gasteiger partial charge on any atom is -0.496 e. The smallest absolute Gasteiger partial charge is 0.126 e. The molecule has 2 aromatic rings. The highest BCUT2D eigenvalue weighted by Crippen LogP contribution is 2.23. The van der Waals surface area contributed by atoms with Crippen LogP contribution in [0.25, 0.3) is 6.08 Å². The van der Waals surface area contributed by atoms with Crippen LogP contribution in [-0.2, 0) is 6.42 Å². The van der Waals surface area contributed by atoms with E-state index in [1.165, 1.54) is 12.6 Å². The summed E-state index contributed by atoms with van der Waals surface area (Å²) in [4.78, 5) is 4.47. The number of unbranched alkanes of at least 4 members (excludes halogenated alkanes) is 1. The van der Waals surface area contributed by atoms with Gasteiger partial charge in [-0.2, -0.15) is 0 Å². The molecule has 0 spiro atoms. The van der Waals surface area contributed by atoms with Crippen LogP contribution in [0.15, 0.2) is 29.7 Å². The van der Waals surface area contributed by atoms with Gasteiger partial charge in [0.1, 0.15) is 5.75 Å². The number of nitrogens with zero attached hydrogens (tertiary/aromatic N) is 1. The van der Waals surface area contributed by atoms with Gasteiger partial charge < -0.3 is 15.9 Å². The predicted molar refractivity (Wildman–Crippen MR) is 119 cm³/mol. The Labute approximate surface area is 167 Å². The van der Waals surface area contributed by atoms with E-state index in [0.717, 1.165) is 41.3 Å². The number of nitrogens with one attached hydrogen (secondary N) is 2. The van der Waals surface area contributed by atoms with Gasteiger partial charge in [0.25, 0.3) is 0 Å². The lowest BCUT2D eigenvalue weighted by Crippen LogP contribution is -2.06. The number of anilines is 1. The number of nitrogens with two attached hydrogens (primary N) is 2. The maximum atomic E-state index is 6.28. The molecule has 2 rings (SSSR count). The van der Waals surface area contributed by atoms with Crippen LogP contribution in [0.5, 0.6) is 5.75 Å². The number of benzene rings is 1. The summed E-state index contributed by atoms with van der Waals surface area (Å²) in [6.07, 6.45) is 7.37. The molecule has 0 saturated heterocycles. The van der Waals surface area contributed by atoms with Gasteiger partial charge in [0, 0.05) is 16.6 Å². The topological polar surface area (TPSA) is 110 Å². The molecule has 0 saturated carbocycles. The second-order valence-corrected chi connectivity index (χ2v) is 6.50. The predicted octanol–water partition coefficient (Wildman–Crippen LogP) is 4.75. The number of thiazole rings is 1. The molecule has 0 aliphatic carbocycles. The van der Waals surface area contributed by atoms with Crippen LogP contribution in [0, 0.1) is 12.3 Å². The van der Waals surface area contributed by atoms with E-state index in [1.807, 2.05) is 39.0 Å². The summed E-state index contributed by atoms with van der Waals surface area (Å²) < 4.78 is 5.35. The second-order valence-electron chi connectivity index (χ2n) is 5.44. The first-order valence-electron chi connectivity index (χ1n) is 8.99. The average molecular weight is 392 g/mol. The molecule has 1 aromatic carbocycles. The number of amidine groups is 1. The molecule has 0 radical (unpaired) electrons. The summed E-state index contributed by atoms with van der Waals surface area (Å²) in [6, 6.07) is 5.77. The summed E-state index contributed by atoms with van der Waals surface area (Å²) in [6.45, 7) is 7.57. The molecule has 0 amide bonds. The summed E-state index contributed by atoms with van der Waals surface area (Å²) in [7, 11) is 1.67. The Balaban J connectivity index is 0.000000998. The standard InChI is InChI=1S/C16H21N3OS.C2H6N2.C2H6/c1-12-18-15(11-21-12)7-5-3-4-6-13-10-14(19-17)8-9-16(13)20-2;1-2(3)4;1-2/h4,6,8-11,19H,3,5,7,17H2,1-2H3;1H3,(H3,3,4);1-2H3/b6-4+;;. The van der Waals surface area contributed by atoms with Gasteiger partial charge in [-0.15, -0.1) is 11.3 Å². The van der Waals surface area contributed by atoms with Gasteiger partial charge >= 0.3 is 0 Å². The third kappa shape index (κ3) is 11.0. The highest BCUT2D eigenvalue weighted by Gasteiger charge is 2.01. The van der Waals surface area contributed by atoms with Crippen LogP contribution >= 0.6 is 11.3 Å². The van der Waals surface area contributed by atoms with Crippen LogP contribution in [0.3, 0.4) is 0 Å². The third-order valence-corrected chi connectivity index (χ3v) is 3.99. The van der Waals surface area contributed by atoms with Crippen LogP contribution < -0.4 is 21.7 Å². The Morgan fingerprint density at radius 1 is 1.37 bits per heavy atom. The maximum absolute atomic E-state index is 6.28. The zero-order valence-electron chi connectivity index (χ0n) is 17.0. The molecule has 0 fully saturated rings. The van der Waals surface area contributed by atoms with E-state index in [-0.39, 0.29) is 5.84 Å². The van der Waals surface area contributed by atoms with Gasteiger partial charge in [0.2, 0.25) is 0 Å². The average Bonchev–Trinajstić information content (AvgIpc) is 3.07. The van der Waals surface area contributed by atoms with E-state index in [9.17, 15) is 0 Å². The number of nitrogen functional groups attached to an aromatic ring is 1. The quantitative estimate of drug-likeness (QED) is 0.179. The minimum absolute atomic E-state index is 0.167. The zero-order chi connectivity index (χ0) is 20.7. The Kier molecular flexibility index (Phi) is 13.5. The van der Waals surface area contributed by atoms with E-state index in [4.69, 9.17) is 21.7 Å². The molecule has 0 aliphatic heterocycles. The molecular weight excluding hydrogens is 358 g/mol. The molecule has 150 valence electrons. The van der Waals surface area contributed by atoms with Crippen LogP contribution in [0.2, 0.25) is 0 Å². The minimum atomic E-state index is 0.167. The van der Waals surface area contributed by atoms with Gasteiger partial charge in [-0.25, -0.2) is 4.98 Å². The van der Waals surface area contributed by atoms with E-state index in [0.29, 0.717) is 0 Å². The number of hydrogen-bond acceptors (Lipinski definition) is 6. The number of hydrogen-bond donors (Lipinski definition) is 4. The molecule has 6 nitrogen and oxygen atoms in total. The van der Waals surface area contributed by atoms with Crippen molar-refractivity contribution in [3.63, 3.8) is 0 Å². The van der Waals surface area contributed by atoms with Crippen LogP contribution in [-0.4, -0.2) is 17.9 Å². The number of aryl methyl sites for hydroxylation is 2. The summed E-state index contributed by atoms with van der Waals surface area (Å²) in [5, 5.41) is 9.55. The van der Waals surface area contributed by atoms with Crippen molar-refractivity contribution >= 4 is 28.9 Å². The van der Waals surface area contributed by atoms with Crippen molar-refractivity contribution in [3.8, 4) is 5.75 Å². The van der Waals surface area contributed by atoms with Crippen molar-refractivity contribution < 1.29 is 4.74 Å². The van der Waals surface area contributed by atoms with Crippen molar-refractivity contribution in [1.82, 2.24) is 4.98 Å². The Bertz CT molecular complexity index is 693. The van der Waals surface area contributed by atoms with Crippen molar-refractivity contribution in [2.24, 2.45) is 11.6 Å². The number of rotatable bonds is 7. The summed E-state index contributed by atoms with van der Waals surface area (Å²) >= 11 is 1.71. The van der Waals surface area contributed by atoms with E-state index in [2.05, 4.69) is 27.9 Å². The zero-order valence-corrected chi connectivity index (χ0v) is 17.8. The lowest BCUT2D eigenvalue weighted by Gasteiger charge is -2.07. The molecule has 0 bridgehead atoms. The summed E-state index contributed by atoms with van der Waals surface area (Å²) in [5.74, 6) is 6.45. The monoisotopic (exact) mass is 391 g/mol. The molecule has 7 heteroatoms. The first-order chi connectivity index (χ1) is 13.0. The number of ether oxygens (including phenoxy) is 1. The van der Waals surface area contributed by atoms with E-state index >= 15 is 0 Å². The lowest BCUT2D eigenvalue weighted by atomic mass is 10.1. The molecule has 6 N–H and O–H groups in total. The molecule has 0 aliphatic rings. The first-order valence-corrected chi connectivity index (χ1v) is 9.87. The molecule has 1 heterocycles. The number of methoxy groups -OCH3 is 1. The van der Waals surface area contributed by atoms with Gasteiger partial charge in [-0.3, -0.25) is 11.3 Å². The molecular formula is C20H33N5OS. The van der Waals surface area contributed by atoms with Crippen LogP contribution in [0.1, 0.15) is 49.9 Å². The lowest BCUT2D eigenvalue weighted by molar-refractivity contribution is 0.414. The van der Waals surface area contributed by atoms with Crippen LogP contribution in [0.4, 0.5) is 5.69 Å². The number of hydrazine groups is 1. The number of aromatic nitrogens is 1. The second kappa shape index (κ2) is 14.8. The molecule has 0 unspecified atom stereocenters. The van der Waals surface area contributed by atoms with E-state index in [1.54, 1.807) is 18.4 Å². The fourth-order valence-corrected chi connectivity index (χ4v) is 2.74. The largest absolute Gasteiger partial charge is 0.496 e. The Morgan fingerprint density at radius 3 is 2.56 bits per heavy atom. The molecule has 0 atom stereocenters. The van der Waals surface area contributed by atoms with Crippen molar-refractivity contribution in [1.29, 1.82) is 5.41 Å². The third-order valence-electron chi connectivity index (χ3n) is 3.16. The highest BCUT2D eigenvalue weighted by molar-refractivity contribution is 7.09. The highest BCUT2D eigenvalue weighted by atomic mass is 32.1. The fraction of sp³-hybridized carbons (Fsp3) is 0.400. The fourth-order valence-electron chi connectivity index (χ4n) is 2.09. The van der Waals surface area contributed by atoms with Gasteiger partial charge in [-0.05, 0) is 51.3 Å². The molecule has 27 heavy (non-hydrogen) atoms. The van der Waals surface area contributed by atoms with Gasteiger partial charge in [0.15, 0.2) is 0 Å². The Morgan fingerprint density at radius 2 is 2.04 bits per heavy atom. The van der Waals surface area contributed by atoms with Gasteiger partial charge in [-0.1, -0.05) is 26.0 Å². The maximum Gasteiger partial charge on any atom is 0.126 e. The van der Waals surface area contributed by atoms with Crippen molar-refractivity contribution in [2.75, 3.05) is 12.5 Å². The van der Waals surface area contributed by atoms with Gasteiger partial charge in [0.05, 0.1) is 23.6 Å².